The van der Waals surface area contributed by atoms with E-state index in [2.05, 4.69) is 0 Å². The van der Waals surface area contributed by atoms with Crippen LogP contribution in [0.25, 0.3) is 0 Å². The Balaban J connectivity index is 3.46. The minimum absolute atomic E-state index is 0.0948. The Hall–Kier alpha value is -0.280. The van der Waals surface area contributed by atoms with E-state index in [0.717, 1.165) is 10.8 Å². The maximum absolute atomic E-state index is 10.9. The van der Waals surface area contributed by atoms with Gasteiger partial charge in [-0.1, -0.05) is 6.92 Å². The maximum Gasteiger partial charge on any atom is 0.236 e. The molecule has 0 aromatic heterocycles. The van der Waals surface area contributed by atoms with Crippen LogP contribution >= 0.6 is 11.8 Å². The first-order valence-corrected chi connectivity index (χ1v) is 4.10. The summed E-state index contributed by atoms with van der Waals surface area (Å²) in [5.41, 5.74) is 0. The van der Waals surface area contributed by atoms with E-state index >= 15 is 0 Å². The molecule has 0 aliphatic rings. The number of hydrogen-bond donors (Lipinski definition) is 0. The van der Waals surface area contributed by atoms with Gasteiger partial charge in [0.2, 0.25) is 5.91 Å². The van der Waals surface area contributed by atoms with E-state index in [1.165, 1.54) is 0 Å². The lowest BCUT2D eigenvalue weighted by Crippen LogP contribution is -2.22. The number of carbonyl (C=O) groups excluding carboxylic acids is 1. The van der Waals surface area contributed by atoms with Crippen molar-refractivity contribution < 1.29 is 9.90 Å². The number of halogens is 1. The molecule has 0 heterocycles. The second-order valence-corrected chi connectivity index (χ2v) is 2.70. The van der Waals surface area contributed by atoms with Gasteiger partial charge in [0, 0.05) is 24.7 Å². The van der Waals surface area contributed by atoms with Gasteiger partial charge in [0.1, 0.15) is 0 Å². The highest BCUT2D eigenvalue weighted by atomic mass is 35.5. The van der Waals surface area contributed by atoms with Crippen LogP contribution in [-0.2, 0) is 9.90 Å². The second-order valence-electron chi connectivity index (χ2n) is 2.29. The molecule has 0 atom stereocenters. The van der Waals surface area contributed by atoms with Gasteiger partial charge in [-0.2, -0.15) is 0 Å². The van der Waals surface area contributed by atoms with Crippen LogP contribution in [0.15, 0.2) is 0 Å². The first-order chi connectivity index (χ1) is 5.22. The molecule has 0 rings (SSSR count). The molecule has 0 unspecified atom stereocenters. The molecular formula is C7H13ClNO2. The van der Waals surface area contributed by atoms with Crippen molar-refractivity contribution in [3.05, 3.63) is 0 Å². The highest BCUT2D eigenvalue weighted by Gasteiger charge is 2.07. The van der Waals surface area contributed by atoms with Crippen molar-refractivity contribution in [2.75, 3.05) is 13.2 Å². The van der Waals surface area contributed by atoms with Gasteiger partial charge >= 0.3 is 0 Å². The Morgan fingerprint density at radius 2 is 2.18 bits per heavy atom. The molecule has 0 N–H and O–H groups in total. The van der Waals surface area contributed by atoms with Gasteiger partial charge < -0.3 is 0 Å². The first kappa shape index (κ1) is 10.7. The number of hydrogen-bond acceptors (Lipinski definition) is 1. The molecule has 0 aliphatic carbocycles. The van der Waals surface area contributed by atoms with E-state index in [-0.39, 0.29) is 12.5 Å². The predicted octanol–water partition coefficient (Wildman–Crippen LogP) is 1.59. The zero-order valence-corrected chi connectivity index (χ0v) is 7.43. The Labute approximate surface area is 72.1 Å². The van der Waals surface area contributed by atoms with Crippen LogP contribution in [-0.4, -0.2) is 23.5 Å². The zero-order chi connectivity index (χ0) is 8.69. The fourth-order valence-corrected chi connectivity index (χ4v) is 0.867. The smallest absolute Gasteiger partial charge is 0.236 e. The highest BCUT2D eigenvalue weighted by molar-refractivity contribution is 6.21. The second kappa shape index (κ2) is 6.43. The molecule has 0 fully saturated rings. The van der Waals surface area contributed by atoms with Gasteiger partial charge in [-0.3, -0.25) is 9.21 Å². The van der Waals surface area contributed by atoms with Crippen molar-refractivity contribution in [1.29, 1.82) is 0 Å². The summed E-state index contributed by atoms with van der Waals surface area (Å²) in [4.78, 5) is 10.9. The average molecular weight is 179 g/mol. The Morgan fingerprint density at radius 1 is 1.55 bits per heavy atom. The van der Waals surface area contributed by atoms with Gasteiger partial charge in [-0.15, -0.1) is 0 Å². The molecule has 0 saturated heterocycles. The molecule has 0 bridgehead atoms. The van der Waals surface area contributed by atoms with E-state index in [1.807, 2.05) is 6.92 Å². The summed E-state index contributed by atoms with van der Waals surface area (Å²) >= 11 is 5.53. The van der Waals surface area contributed by atoms with Crippen molar-refractivity contribution in [2.24, 2.45) is 0 Å². The number of carbonyl (C=O) groups is 1. The lowest BCUT2D eigenvalue weighted by atomic mass is 10.3. The first-order valence-electron chi connectivity index (χ1n) is 3.76. The topological polar surface area (TPSA) is 40.2 Å². The van der Waals surface area contributed by atoms with Crippen LogP contribution < -0.4 is 0 Å². The molecule has 0 spiro atoms. The SMILES string of the molecule is CCCC(=O)N(Cl)CCC[O]. The van der Waals surface area contributed by atoms with Crippen LogP contribution in [0.4, 0.5) is 0 Å². The summed E-state index contributed by atoms with van der Waals surface area (Å²) in [6.45, 7) is 2.10. The molecule has 4 heteroatoms. The van der Waals surface area contributed by atoms with Crippen LogP contribution in [0.5, 0.6) is 0 Å². The molecule has 3 nitrogen and oxygen atoms in total. The van der Waals surface area contributed by atoms with Crippen molar-refractivity contribution in [3.63, 3.8) is 0 Å². The van der Waals surface area contributed by atoms with Gasteiger partial charge in [0.05, 0.1) is 6.61 Å². The third-order valence-corrected chi connectivity index (χ3v) is 1.59. The van der Waals surface area contributed by atoms with Gasteiger partial charge in [0.25, 0.3) is 0 Å². The summed E-state index contributed by atoms with van der Waals surface area (Å²) in [6, 6.07) is 0. The summed E-state index contributed by atoms with van der Waals surface area (Å²) in [7, 11) is 0. The fourth-order valence-electron chi connectivity index (χ4n) is 0.663. The number of rotatable bonds is 5. The molecule has 1 amide bonds. The summed E-state index contributed by atoms with van der Waals surface area (Å²) < 4.78 is 1.10. The van der Waals surface area contributed by atoms with E-state index in [9.17, 15) is 9.90 Å². The molecule has 11 heavy (non-hydrogen) atoms. The van der Waals surface area contributed by atoms with Crippen molar-refractivity contribution in [3.8, 4) is 0 Å². The Morgan fingerprint density at radius 3 is 2.64 bits per heavy atom. The van der Waals surface area contributed by atoms with E-state index in [0.29, 0.717) is 19.4 Å². The molecule has 0 aliphatic heterocycles. The van der Waals surface area contributed by atoms with Crippen LogP contribution in [0.2, 0.25) is 0 Å². The van der Waals surface area contributed by atoms with Crippen LogP contribution in [0.3, 0.4) is 0 Å². The van der Waals surface area contributed by atoms with Gasteiger partial charge in [-0.05, 0) is 12.8 Å². The van der Waals surface area contributed by atoms with Crippen LogP contribution in [0, 0.1) is 0 Å². The monoisotopic (exact) mass is 178 g/mol. The third-order valence-electron chi connectivity index (χ3n) is 1.23. The lowest BCUT2D eigenvalue weighted by molar-refractivity contribution is -0.126. The zero-order valence-electron chi connectivity index (χ0n) is 6.68. The summed E-state index contributed by atoms with van der Waals surface area (Å²) in [5, 5.41) is 10.0. The van der Waals surface area contributed by atoms with E-state index in [4.69, 9.17) is 11.8 Å². The Kier molecular flexibility index (Phi) is 6.27. The average Bonchev–Trinajstić information content (AvgIpc) is 2.00. The number of nitrogens with zero attached hydrogens (tertiary/aromatic N) is 1. The molecule has 65 valence electrons. The molecule has 1 radical (unpaired) electrons. The molecule has 0 aromatic carbocycles. The quantitative estimate of drug-likeness (QED) is 0.590. The van der Waals surface area contributed by atoms with E-state index in [1.54, 1.807) is 0 Å². The van der Waals surface area contributed by atoms with Crippen molar-refractivity contribution in [2.45, 2.75) is 26.2 Å². The molecule has 0 saturated carbocycles. The fraction of sp³-hybridized carbons (Fsp3) is 0.857. The minimum atomic E-state index is -0.178. The minimum Gasteiger partial charge on any atom is -0.274 e. The lowest BCUT2D eigenvalue weighted by Gasteiger charge is -2.11. The number of amides is 1. The maximum atomic E-state index is 10.9. The van der Waals surface area contributed by atoms with Crippen molar-refractivity contribution >= 4 is 17.7 Å². The third kappa shape index (κ3) is 5.04. The van der Waals surface area contributed by atoms with E-state index < -0.39 is 0 Å². The largest absolute Gasteiger partial charge is 0.274 e. The Bertz CT molecular complexity index is 119. The van der Waals surface area contributed by atoms with Crippen molar-refractivity contribution in [1.82, 2.24) is 4.42 Å². The summed E-state index contributed by atoms with van der Waals surface area (Å²) in [6.07, 6.45) is 1.68. The van der Waals surface area contributed by atoms with Crippen LogP contribution in [0.1, 0.15) is 26.2 Å². The highest BCUT2D eigenvalue weighted by Crippen LogP contribution is 2.01. The van der Waals surface area contributed by atoms with Gasteiger partial charge in [0.15, 0.2) is 0 Å². The standard InChI is InChI=1S/C7H13ClNO2/c1-2-4-7(11)9(8)5-3-6-10/h2-6H2,1H3. The predicted molar refractivity (Wildman–Crippen MR) is 42.6 cm³/mol. The summed E-state index contributed by atoms with van der Waals surface area (Å²) in [5.74, 6) is -0.0948. The van der Waals surface area contributed by atoms with Gasteiger partial charge in [-0.25, -0.2) is 5.11 Å². The molecular weight excluding hydrogens is 166 g/mol. The normalized spacial score (nSPS) is 9.73. The molecule has 0 aromatic rings.